The Bertz CT molecular complexity index is 495. The van der Waals surface area contributed by atoms with Gasteiger partial charge >= 0.3 is 0 Å². The van der Waals surface area contributed by atoms with Gasteiger partial charge in [-0.3, -0.25) is 9.78 Å². The second-order valence-corrected chi connectivity index (χ2v) is 5.08. The summed E-state index contributed by atoms with van der Waals surface area (Å²) in [5.41, 5.74) is 0.921. The fraction of sp³-hybridized carbons (Fsp3) is 0.412. The minimum Gasteiger partial charge on any atom is -0.325 e. The van der Waals surface area contributed by atoms with Crippen LogP contribution in [0.1, 0.15) is 37.7 Å². The van der Waals surface area contributed by atoms with Crippen LogP contribution >= 0.6 is 0 Å². The minimum absolute atomic E-state index is 0.00120. The monoisotopic (exact) mass is 268 g/mol. The maximum absolute atomic E-state index is 12.3. The van der Waals surface area contributed by atoms with Crippen molar-refractivity contribution in [1.82, 2.24) is 9.88 Å². The van der Waals surface area contributed by atoms with Crippen molar-refractivity contribution >= 4 is 12.0 Å². The lowest BCUT2D eigenvalue weighted by atomic mass is 9.94. The minimum atomic E-state index is -0.00120. The van der Waals surface area contributed by atoms with Crippen LogP contribution in [-0.4, -0.2) is 28.4 Å². The van der Waals surface area contributed by atoms with E-state index in [9.17, 15) is 4.79 Å². The molecule has 1 aliphatic carbocycles. The number of pyridine rings is 1. The normalized spacial score (nSPS) is 15.9. The number of hydrogen-bond acceptors (Lipinski definition) is 2. The number of hydrogen-bond donors (Lipinski definition) is 0. The molecule has 0 N–H and O–H groups in total. The summed E-state index contributed by atoms with van der Waals surface area (Å²) in [6, 6.07) is 4.07. The van der Waals surface area contributed by atoms with Gasteiger partial charge in [-0.05, 0) is 30.5 Å². The molecule has 3 heteroatoms. The van der Waals surface area contributed by atoms with E-state index in [1.165, 1.54) is 19.3 Å². The zero-order chi connectivity index (χ0) is 14.2. The standard InChI is InChI=1S/C17H20N2O/c1-2-13-19(16-8-4-3-5-9-16)17(20)11-10-15-7-6-12-18-14-15/h1,6-7,10-12,14,16H,3-5,8-9,13H2. The van der Waals surface area contributed by atoms with E-state index in [1.807, 2.05) is 17.0 Å². The van der Waals surface area contributed by atoms with Crippen LogP contribution in [0.3, 0.4) is 0 Å². The number of aromatic nitrogens is 1. The molecule has 0 spiro atoms. The van der Waals surface area contributed by atoms with Crippen LogP contribution in [0.25, 0.3) is 6.08 Å². The van der Waals surface area contributed by atoms with Crippen molar-refractivity contribution < 1.29 is 4.79 Å². The Hall–Kier alpha value is -2.08. The van der Waals surface area contributed by atoms with Gasteiger partial charge < -0.3 is 4.90 Å². The van der Waals surface area contributed by atoms with Crippen molar-refractivity contribution in [3.05, 3.63) is 36.2 Å². The average molecular weight is 268 g/mol. The van der Waals surface area contributed by atoms with E-state index in [-0.39, 0.29) is 5.91 Å². The first kappa shape index (κ1) is 14.3. The van der Waals surface area contributed by atoms with E-state index in [0.717, 1.165) is 18.4 Å². The van der Waals surface area contributed by atoms with Gasteiger partial charge in [-0.1, -0.05) is 31.2 Å². The molecule has 1 heterocycles. The van der Waals surface area contributed by atoms with E-state index in [2.05, 4.69) is 10.9 Å². The SMILES string of the molecule is C#CCN(C(=O)C=Cc1cccnc1)C1CCCCC1. The van der Waals surface area contributed by atoms with Gasteiger partial charge in [-0.15, -0.1) is 6.42 Å². The molecule has 1 aliphatic rings. The molecule has 0 radical (unpaired) electrons. The number of amides is 1. The summed E-state index contributed by atoms with van der Waals surface area (Å²) in [6.07, 6.45) is 18.0. The quantitative estimate of drug-likeness (QED) is 0.621. The van der Waals surface area contributed by atoms with Crippen LogP contribution in [0.5, 0.6) is 0 Å². The first-order valence-corrected chi connectivity index (χ1v) is 7.13. The van der Waals surface area contributed by atoms with Gasteiger partial charge in [-0.2, -0.15) is 0 Å². The van der Waals surface area contributed by atoms with E-state index < -0.39 is 0 Å². The Kier molecular flexibility index (Phi) is 5.37. The molecule has 3 nitrogen and oxygen atoms in total. The molecule has 1 aromatic heterocycles. The van der Waals surface area contributed by atoms with E-state index >= 15 is 0 Å². The molecule has 0 aromatic carbocycles. The molecule has 0 aliphatic heterocycles. The van der Waals surface area contributed by atoms with Gasteiger partial charge in [0, 0.05) is 24.5 Å². The molecule has 0 unspecified atom stereocenters. The van der Waals surface area contributed by atoms with Crippen molar-refractivity contribution in [3.63, 3.8) is 0 Å². The van der Waals surface area contributed by atoms with Crippen LogP contribution in [0.2, 0.25) is 0 Å². The van der Waals surface area contributed by atoms with Gasteiger partial charge in [0.25, 0.3) is 0 Å². The predicted molar refractivity (Wildman–Crippen MR) is 80.7 cm³/mol. The highest BCUT2D eigenvalue weighted by Gasteiger charge is 2.23. The molecule has 20 heavy (non-hydrogen) atoms. The smallest absolute Gasteiger partial charge is 0.247 e. The third-order valence-corrected chi connectivity index (χ3v) is 3.66. The highest BCUT2D eigenvalue weighted by Crippen LogP contribution is 2.22. The second-order valence-electron chi connectivity index (χ2n) is 5.08. The number of nitrogens with zero attached hydrogens (tertiary/aromatic N) is 2. The molecule has 104 valence electrons. The van der Waals surface area contributed by atoms with Crippen molar-refractivity contribution in [2.75, 3.05) is 6.54 Å². The van der Waals surface area contributed by atoms with Crippen LogP contribution in [0.4, 0.5) is 0 Å². The lowest BCUT2D eigenvalue weighted by Crippen LogP contribution is -2.40. The first-order chi connectivity index (χ1) is 9.81. The number of rotatable bonds is 4. The number of carbonyl (C=O) groups is 1. The highest BCUT2D eigenvalue weighted by atomic mass is 16.2. The Morgan fingerprint density at radius 3 is 2.90 bits per heavy atom. The molecule has 1 fully saturated rings. The molecule has 0 bridgehead atoms. The first-order valence-electron chi connectivity index (χ1n) is 7.13. The maximum atomic E-state index is 12.3. The topological polar surface area (TPSA) is 33.2 Å². The fourth-order valence-corrected chi connectivity index (χ4v) is 2.62. The third kappa shape index (κ3) is 3.96. The summed E-state index contributed by atoms with van der Waals surface area (Å²) in [5, 5.41) is 0. The van der Waals surface area contributed by atoms with E-state index in [4.69, 9.17) is 6.42 Å². The van der Waals surface area contributed by atoms with Crippen LogP contribution in [-0.2, 0) is 4.79 Å². The average Bonchev–Trinajstić information content (AvgIpc) is 2.52. The maximum Gasteiger partial charge on any atom is 0.247 e. The largest absolute Gasteiger partial charge is 0.325 e. The molecule has 0 saturated heterocycles. The van der Waals surface area contributed by atoms with Gasteiger partial charge in [0.05, 0.1) is 6.54 Å². The zero-order valence-corrected chi connectivity index (χ0v) is 11.7. The molecule has 1 amide bonds. The summed E-state index contributed by atoms with van der Waals surface area (Å²) in [7, 11) is 0. The number of carbonyl (C=O) groups excluding carboxylic acids is 1. The second kappa shape index (κ2) is 7.49. The summed E-state index contributed by atoms with van der Waals surface area (Å²) in [5.74, 6) is 2.60. The summed E-state index contributed by atoms with van der Waals surface area (Å²) >= 11 is 0. The molecule has 0 atom stereocenters. The van der Waals surface area contributed by atoms with Crippen molar-refractivity contribution in [2.24, 2.45) is 0 Å². The number of terminal acetylenes is 1. The van der Waals surface area contributed by atoms with Gasteiger partial charge in [0.2, 0.25) is 5.91 Å². The highest BCUT2D eigenvalue weighted by molar-refractivity contribution is 5.92. The van der Waals surface area contributed by atoms with Crippen molar-refractivity contribution in [1.29, 1.82) is 0 Å². The van der Waals surface area contributed by atoms with Crippen LogP contribution in [0, 0.1) is 12.3 Å². The van der Waals surface area contributed by atoms with Crippen molar-refractivity contribution in [3.8, 4) is 12.3 Å². The summed E-state index contributed by atoms with van der Waals surface area (Å²) < 4.78 is 0. The predicted octanol–water partition coefficient (Wildman–Crippen LogP) is 2.89. The fourth-order valence-electron chi connectivity index (χ4n) is 2.62. The summed E-state index contributed by atoms with van der Waals surface area (Å²) in [6.45, 7) is 0.390. The Morgan fingerprint density at radius 2 is 2.25 bits per heavy atom. The van der Waals surface area contributed by atoms with Crippen LogP contribution < -0.4 is 0 Å². The van der Waals surface area contributed by atoms with Crippen LogP contribution in [0.15, 0.2) is 30.6 Å². The Balaban J connectivity index is 2.03. The zero-order valence-electron chi connectivity index (χ0n) is 11.7. The molecular formula is C17H20N2O. The van der Waals surface area contributed by atoms with Gasteiger partial charge in [0.1, 0.15) is 0 Å². The Labute approximate surface area is 120 Å². The third-order valence-electron chi connectivity index (χ3n) is 3.66. The molecule has 2 rings (SSSR count). The van der Waals surface area contributed by atoms with Gasteiger partial charge in [0.15, 0.2) is 0 Å². The molecular weight excluding hydrogens is 248 g/mol. The lowest BCUT2D eigenvalue weighted by molar-refractivity contribution is -0.128. The van der Waals surface area contributed by atoms with Crippen molar-refractivity contribution in [2.45, 2.75) is 38.1 Å². The van der Waals surface area contributed by atoms with E-state index in [1.54, 1.807) is 24.5 Å². The van der Waals surface area contributed by atoms with E-state index in [0.29, 0.717) is 12.6 Å². The summed E-state index contributed by atoms with van der Waals surface area (Å²) in [4.78, 5) is 18.2. The molecule has 1 saturated carbocycles. The Morgan fingerprint density at radius 1 is 1.45 bits per heavy atom. The lowest BCUT2D eigenvalue weighted by Gasteiger charge is -2.32. The van der Waals surface area contributed by atoms with Gasteiger partial charge in [-0.25, -0.2) is 0 Å². The molecule has 1 aromatic rings.